The summed E-state index contributed by atoms with van der Waals surface area (Å²) in [6, 6.07) is 8.52. The molecule has 1 heterocycles. The van der Waals surface area contributed by atoms with Gasteiger partial charge in [-0.2, -0.15) is 0 Å². The lowest BCUT2D eigenvalue weighted by molar-refractivity contribution is 0.0691. The minimum absolute atomic E-state index is 0.0134. The number of benzene rings is 1. The highest BCUT2D eigenvalue weighted by molar-refractivity contribution is 5.95. The van der Waals surface area contributed by atoms with E-state index in [0.29, 0.717) is 12.0 Å². The van der Waals surface area contributed by atoms with Crippen molar-refractivity contribution >= 4 is 5.97 Å². The van der Waals surface area contributed by atoms with Crippen molar-refractivity contribution in [3.63, 3.8) is 0 Å². The lowest BCUT2D eigenvalue weighted by Crippen LogP contribution is -2.18. The molecule has 0 saturated carbocycles. The van der Waals surface area contributed by atoms with Gasteiger partial charge in [-0.1, -0.05) is 44.2 Å². The number of rotatable bonds is 4. The highest BCUT2D eigenvalue weighted by Crippen LogP contribution is 2.30. The fourth-order valence-electron chi connectivity index (χ4n) is 2.30. The molecule has 1 aromatic heterocycles. The molecule has 0 saturated heterocycles. The molecule has 0 amide bonds. The van der Waals surface area contributed by atoms with E-state index < -0.39 is 17.3 Å². The van der Waals surface area contributed by atoms with Crippen LogP contribution < -0.4 is 5.56 Å². The molecule has 0 radical (unpaired) electrons. The van der Waals surface area contributed by atoms with E-state index in [1.807, 2.05) is 13.8 Å². The van der Waals surface area contributed by atoms with Crippen molar-refractivity contribution in [2.75, 3.05) is 0 Å². The largest absolute Gasteiger partial charge is 0.506 e. The van der Waals surface area contributed by atoms with Crippen LogP contribution in [0.5, 0.6) is 5.75 Å². The lowest BCUT2D eigenvalue weighted by atomic mass is 9.98. The topological polar surface area (TPSA) is 90.4 Å². The number of hydrogen-bond donors (Lipinski definition) is 3. The second-order valence-corrected chi connectivity index (χ2v) is 5.30. The number of aromatic carboxylic acids is 1. The second-order valence-electron chi connectivity index (χ2n) is 5.30. The summed E-state index contributed by atoms with van der Waals surface area (Å²) in [5.41, 5.74) is -0.00321. The minimum atomic E-state index is -1.25. The van der Waals surface area contributed by atoms with Crippen LogP contribution >= 0.6 is 0 Å². The third-order valence-electron chi connectivity index (χ3n) is 3.16. The zero-order chi connectivity index (χ0) is 15.6. The van der Waals surface area contributed by atoms with Crippen LogP contribution in [0.1, 0.15) is 29.9 Å². The van der Waals surface area contributed by atoms with E-state index in [9.17, 15) is 19.8 Å². The normalized spacial score (nSPS) is 10.8. The standard InChI is InChI=1S/C16H17NO4/c1-9(2)8-11-13(16(20)21)14(18)12(15(19)17-11)10-6-4-3-5-7-10/h3-7,9H,8H2,1-2H3,(H,20,21)(H2,17,18,19). The highest BCUT2D eigenvalue weighted by atomic mass is 16.4. The van der Waals surface area contributed by atoms with Crippen LogP contribution in [0.4, 0.5) is 0 Å². The molecule has 0 unspecified atom stereocenters. The molecule has 0 atom stereocenters. The fourth-order valence-corrected chi connectivity index (χ4v) is 2.30. The molecule has 110 valence electrons. The number of carbonyl (C=O) groups is 1. The van der Waals surface area contributed by atoms with Gasteiger partial charge < -0.3 is 15.2 Å². The number of H-pyrrole nitrogens is 1. The molecular formula is C16H17NO4. The predicted molar refractivity (Wildman–Crippen MR) is 79.7 cm³/mol. The van der Waals surface area contributed by atoms with Gasteiger partial charge in [0.05, 0.1) is 5.56 Å². The molecule has 0 aliphatic heterocycles. The number of hydrogen-bond acceptors (Lipinski definition) is 3. The Morgan fingerprint density at radius 3 is 2.38 bits per heavy atom. The Kier molecular flexibility index (Phi) is 4.12. The van der Waals surface area contributed by atoms with Crippen molar-refractivity contribution in [1.29, 1.82) is 0 Å². The van der Waals surface area contributed by atoms with Crippen molar-refractivity contribution in [3.05, 3.63) is 51.9 Å². The van der Waals surface area contributed by atoms with E-state index in [0.717, 1.165) is 0 Å². The van der Waals surface area contributed by atoms with Gasteiger partial charge in [0, 0.05) is 5.69 Å². The summed E-state index contributed by atoms with van der Waals surface area (Å²) in [4.78, 5) is 26.2. The van der Waals surface area contributed by atoms with E-state index in [4.69, 9.17) is 0 Å². The first-order chi connectivity index (χ1) is 9.91. The van der Waals surface area contributed by atoms with Gasteiger partial charge in [0.2, 0.25) is 0 Å². The summed E-state index contributed by atoms with van der Waals surface area (Å²) in [5.74, 6) is -1.58. The fraction of sp³-hybridized carbons (Fsp3) is 0.250. The van der Waals surface area contributed by atoms with E-state index in [1.165, 1.54) is 0 Å². The van der Waals surface area contributed by atoms with Gasteiger partial charge in [0.1, 0.15) is 11.3 Å². The molecule has 2 aromatic rings. The minimum Gasteiger partial charge on any atom is -0.506 e. The molecule has 3 N–H and O–H groups in total. The van der Waals surface area contributed by atoms with Crippen LogP contribution in [-0.4, -0.2) is 21.2 Å². The van der Waals surface area contributed by atoms with Crippen molar-refractivity contribution in [3.8, 4) is 16.9 Å². The third-order valence-corrected chi connectivity index (χ3v) is 3.16. The number of carboxylic acid groups (broad SMARTS) is 1. The first-order valence-corrected chi connectivity index (χ1v) is 6.68. The maximum Gasteiger partial charge on any atom is 0.341 e. The maximum absolute atomic E-state index is 12.2. The molecule has 0 spiro atoms. The number of carboxylic acids is 1. The Balaban J connectivity index is 2.73. The smallest absolute Gasteiger partial charge is 0.341 e. The molecule has 0 aliphatic rings. The maximum atomic E-state index is 12.2. The Morgan fingerprint density at radius 1 is 1.24 bits per heavy atom. The molecule has 0 aliphatic carbocycles. The molecule has 0 fully saturated rings. The van der Waals surface area contributed by atoms with Crippen LogP contribution in [0.15, 0.2) is 35.1 Å². The van der Waals surface area contributed by atoms with Gasteiger partial charge in [-0.25, -0.2) is 4.79 Å². The number of aromatic amines is 1. The van der Waals surface area contributed by atoms with Gasteiger partial charge in [-0.05, 0) is 17.9 Å². The first-order valence-electron chi connectivity index (χ1n) is 6.68. The van der Waals surface area contributed by atoms with Crippen molar-refractivity contribution in [2.24, 2.45) is 5.92 Å². The van der Waals surface area contributed by atoms with Gasteiger partial charge in [-0.3, -0.25) is 4.79 Å². The predicted octanol–water partition coefficient (Wildman–Crippen LogP) is 2.64. The molecular weight excluding hydrogens is 270 g/mol. The first kappa shape index (κ1) is 14.8. The van der Waals surface area contributed by atoms with E-state index in [1.54, 1.807) is 30.3 Å². The van der Waals surface area contributed by atoms with Gasteiger partial charge in [0.15, 0.2) is 0 Å². The number of nitrogens with one attached hydrogen (secondary N) is 1. The van der Waals surface area contributed by atoms with Crippen LogP contribution in [0, 0.1) is 5.92 Å². The third kappa shape index (κ3) is 2.97. The summed E-state index contributed by atoms with van der Waals surface area (Å²) >= 11 is 0. The molecule has 1 aromatic carbocycles. The van der Waals surface area contributed by atoms with Gasteiger partial charge >= 0.3 is 5.97 Å². The molecule has 21 heavy (non-hydrogen) atoms. The van der Waals surface area contributed by atoms with E-state index in [2.05, 4.69) is 4.98 Å². The monoisotopic (exact) mass is 287 g/mol. The molecule has 5 heteroatoms. The average molecular weight is 287 g/mol. The lowest BCUT2D eigenvalue weighted by Gasteiger charge is -2.13. The number of aromatic nitrogens is 1. The Bertz CT molecular complexity index is 717. The quantitative estimate of drug-likeness (QED) is 0.806. The van der Waals surface area contributed by atoms with Crippen LogP contribution in [0.2, 0.25) is 0 Å². The van der Waals surface area contributed by atoms with Crippen LogP contribution in [0.3, 0.4) is 0 Å². The zero-order valence-electron chi connectivity index (χ0n) is 11.9. The Hall–Kier alpha value is -2.56. The van der Waals surface area contributed by atoms with Gasteiger partial charge in [-0.15, -0.1) is 0 Å². The summed E-state index contributed by atoms with van der Waals surface area (Å²) < 4.78 is 0. The van der Waals surface area contributed by atoms with Crippen molar-refractivity contribution in [2.45, 2.75) is 20.3 Å². The van der Waals surface area contributed by atoms with Crippen LogP contribution in [-0.2, 0) is 6.42 Å². The average Bonchev–Trinajstić information content (AvgIpc) is 2.38. The SMILES string of the molecule is CC(C)Cc1[nH]c(=O)c(-c2ccccc2)c(O)c1C(=O)O. The van der Waals surface area contributed by atoms with E-state index in [-0.39, 0.29) is 22.7 Å². The van der Waals surface area contributed by atoms with E-state index >= 15 is 0 Å². The second kappa shape index (κ2) is 5.83. The number of aromatic hydroxyl groups is 1. The Labute approximate surface area is 121 Å². The van der Waals surface area contributed by atoms with Crippen molar-refractivity contribution < 1.29 is 15.0 Å². The summed E-state index contributed by atoms with van der Waals surface area (Å²) in [5, 5.41) is 19.6. The summed E-state index contributed by atoms with van der Waals surface area (Å²) in [6.07, 6.45) is 0.375. The Morgan fingerprint density at radius 2 is 1.86 bits per heavy atom. The molecule has 0 bridgehead atoms. The van der Waals surface area contributed by atoms with Crippen molar-refractivity contribution in [1.82, 2.24) is 4.98 Å². The van der Waals surface area contributed by atoms with Crippen LogP contribution in [0.25, 0.3) is 11.1 Å². The highest BCUT2D eigenvalue weighted by Gasteiger charge is 2.23. The molecule has 2 rings (SSSR count). The summed E-state index contributed by atoms with van der Waals surface area (Å²) in [7, 11) is 0. The van der Waals surface area contributed by atoms with Gasteiger partial charge in [0.25, 0.3) is 5.56 Å². The molecule has 5 nitrogen and oxygen atoms in total. The number of pyridine rings is 1. The summed E-state index contributed by atoms with van der Waals surface area (Å²) in [6.45, 7) is 3.82. The zero-order valence-corrected chi connectivity index (χ0v) is 11.9.